The molecule has 0 aliphatic carbocycles. The third-order valence-corrected chi connectivity index (χ3v) is 9.96. The molecule has 3 aliphatic heterocycles. The molecule has 0 bridgehead atoms. The average Bonchev–Trinajstić information content (AvgIpc) is 3.43. The number of aliphatic hydroxyl groups is 5. The summed E-state index contributed by atoms with van der Waals surface area (Å²) in [5, 5.41) is 52.3. The molecule has 12 N–H and O–H groups in total. The molecule has 0 radical (unpaired) electrons. The van der Waals surface area contributed by atoms with Gasteiger partial charge in [0.25, 0.3) is 11.4 Å². The molecular weight excluding hydrogens is 631 g/mol. The summed E-state index contributed by atoms with van der Waals surface area (Å²) in [7, 11) is -17.2. The van der Waals surface area contributed by atoms with E-state index in [4.69, 9.17) is 25.0 Å². The van der Waals surface area contributed by atoms with Crippen LogP contribution in [0.1, 0.15) is 0 Å². The number of ether oxygens (including phenoxy) is 2. The lowest BCUT2D eigenvalue weighted by molar-refractivity contribution is -0.147. The highest BCUT2D eigenvalue weighted by atomic mass is 31.3. The Kier molecular flexibility index (Phi) is 8.82. The molecule has 0 spiro atoms. The van der Waals surface area contributed by atoms with Crippen molar-refractivity contribution in [1.29, 1.82) is 0 Å². The van der Waals surface area contributed by atoms with E-state index in [2.05, 4.69) is 28.1 Å². The van der Waals surface area contributed by atoms with Crippen molar-refractivity contribution in [2.45, 2.75) is 49.1 Å². The number of rotatable bonds is 10. The number of phosphoric ester groups is 1. The van der Waals surface area contributed by atoms with Gasteiger partial charge in [-0.15, -0.1) is 0 Å². The SMILES string of the molecule is Nc1nc2c(c(=O)[nH]1)N=C[N+]2(C1O[C@H](CO)[C@H](O)[C@H]1O)[C@@H]1O[C@H](COP(=O)(O)OP(=O)(O)OP(=O)(O)O)[C@@H](O)[C@H]1O. The van der Waals surface area contributed by atoms with Crippen molar-refractivity contribution >= 4 is 47.3 Å². The highest BCUT2D eigenvalue weighted by Gasteiger charge is 2.66. The Bertz CT molecular complexity index is 1400. The standard InChI is InChI=1S/C15H24N5O18P3/c16-15-18-11-6(12(26)19-15)17-3-20(11,13-9(24)7(22)4(1-21)35-13)14-10(25)8(23)5(36-14)2-34-40(30,31)38-41(32,33)37-39(27,28)29/h3-5,7-10,13-14,21-25H,1-2H2,(H6-,16,18,19,26,27,28,29,30,31,32,33)/p+1/t4-,5-,7+,8-,9-,10-,13?,14-,20?/m1/s1. The summed E-state index contributed by atoms with van der Waals surface area (Å²) in [5.41, 5.74) is 4.38. The van der Waals surface area contributed by atoms with E-state index >= 15 is 0 Å². The lowest BCUT2D eigenvalue weighted by Crippen LogP contribution is -2.68. The second-order valence-electron chi connectivity index (χ2n) is 8.86. The van der Waals surface area contributed by atoms with Gasteiger partial charge in [-0.2, -0.15) is 23.1 Å². The molecule has 2 fully saturated rings. The minimum atomic E-state index is -5.86. The maximum atomic E-state index is 12.5. The summed E-state index contributed by atoms with van der Waals surface area (Å²) >= 11 is 0. The zero-order chi connectivity index (χ0) is 30.7. The zero-order valence-electron chi connectivity index (χ0n) is 20.1. The van der Waals surface area contributed by atoms with Crippen molar-refractivity contribution in [1.82, 2.24) is 14.5 Å². The average molecular weight is 656 g/mol. The van der Waals surface area contributed by atoms with Crippen molar-refractivity contribution in [3.05, 3.63) is 10.4 Å². The van der Waals surface area contributed by atoms with E-state index in [-0.39, 0.29) is 0 Å². The number of aliphatic hydroxyl groups excluding tert-OH is 5. The van der Waals surface area contributed by atoms with Gasteiger partial charge in [-0.05, 0) is 0 Å². The Hall–Kier alpha value is -1.56. The largest absolute Gasteiger partial charge is 0.490 e. The van der Waals surface area contributed by atoms with Gasteiger partial charge >= 0.3 is 23.5 Å². The number of nitrogens with zero attached hydrogens (tertiary/aromatic N) is 3. The van der Waals surface area contributed by atoms with E-state index in [1.165, 1.54) is 0 Å². The monoisotopic (exact) mass is 656 g/mol. The molecule has 26 heteroatoms. The first-order valence-electron chi connectivity index (χ1n) is 11.1. The Morgan fingerprint density at radius 1 is 0.927 bits per heavy atom. The minimum Gasteiger partial charge on any atom is -0.394 e. The Balaban J connectivity index is 1.64. The summed E-state index contributed by atoms with van der Waals surface area (Å²) in [5.74, 6) is -0.864. The van der Waals surface area contributed by atoms with Gasteiger partial charge < -0.3 is 60.3 Å². The lowest BCUT2D eigenvalue weighted by atomic mass is 10.1. The molecule has 4 unspecified atom stereocenters. The number of aromatic nitrogens is 2. The number of nitrogen functional groups attached to an aromatic ring is 1. The van der Waals surface area contributed by atoms with E-state index in [9.17, 15) is 53.8 Å². The van der Waals surface area contributed by atoms with Crippen LogP contribution in [0.3, 0.4) is 0 Å². The maximum Gasteiger partial charge on any atom is 0.490 e. The van der Waals surface area contributed by atoms with Gasteiger partial charge in [-0.25, -0.2) is 13.7 Å². The van der Waals surface area contributed by atoms with Gasteiger partial charge in [0.15, 0.2) is 12.2 Å². The summed E-state index contributed by atoms with van der Waals surface area (Å²) in [6.07, 6.45) is -13.4. The predicted molar refractivity (Wildman–Crippen MR) is 127 cm³/mol. The molecule has 232 valence electrons. The molecular formula is C15H25N5O18P3+. The van der Waals surface area contributed by atoms with Gasteiger partial charge in [0.05, 0.1) is 13.2 Å². The van der Waals surface area contributed by atoms with E-state index < -0.39 is 113 Å². The fourth-order valence-corrected chi connectivity index (χ4v) is 7.54. The number of nitrogens with two attached hydrogens (primary N) is 1. The number of phosphoric acid groups is 3. The van der Waals surface area contributed by atoms with Crippen LogP contribution in [-0.4, -0.2) is 124 Å². The number of aliphatic imine (C=N–C) groups is 1. The number of nitrogens with one attached hydrogen (secondary N) is 1. The Morgan fingerprint density at radius 2 is 1.49 bits per heavy atom. The van der Waals surface area contributed by atoms with Gasteiger partial charge in [0.2, 0.25) is 30.4 Å². The molecule has 0 amide bonds. The topological polar surface area (TPSA) is 364 Å². The first-order valence-corrected chi connectivity index (χ1v) is 15.6. The van der Waals surface area contributed by atoms with Crippen LogP contribution in [0.25, 0.3) is 0 Å². The molecule has 4 rings (SSSR count). The van der Waals surface area contributed by atoms with Crippen LogP contribution in [0.15, 0.2) is 9.79 Å². The van der Waals surface area contributed by atoms with Crippen LogP contribution in [0, 0.1) is 0 Å². The number of aromatic amines is 1. The van der Waals surface area contributed by atoms with Crippen molar-refractivity contribution in [3.8, 4) is 0 Å². The third-order valence-electron chi connectivity index (χ3n) is 6.15. The molecule has 0 aromatic carbocycles. The summed E-state index contributed by atoms with van der Waals surface area (Å²) < 4.78 is 56.2. The fraction of sp³-hybridized carbons (Fsp3) is 0.667. The van der Waals surface area contributed by atoms with E-state index in [1.807, 2.05) is 0 Å². The Labute approximate surface area is 227 Å². The second kappa shape index (κ2) is 11.2. The number of anilines is 1. The first-order chi connectivity index (χ1) is 18.8. The maximum absolute atomic E-state index is 12.5. The van der Waals surface area contributed by atoms with Crippen LogP contribution >= 0.6 is 23.5 Å². The molecule has 3 aliphatic rings. The van der Waals surface area contributed by atoms with Crippen molar-refractivity contribution in [2.75, 3.05) is 18.9 Å². The number of quaternary nitrogens is 1. The Morgan fingerprint density at radius 3 is 2.02 bits per heavy atom. The second-order valence-corrected chi connectivity index (χ2v) is 13.3. The molecule has 41 heavy (non-hydrogen) atoms. The van der Waals surface area contributed by atoms with Crippen LogP contribution in [-0.2, 0) is 36.3 Å². The fourth-order valence-electron chi connectivity index (χ4n) is 4.51. The van der Waals surface area contributed by atoms with Crippen molar-refractivity contribution in [3.63, 3.8) is 0 Å². The molecule has 1 aromatic rings. The molecule has 1 aromatic heterocycles. The highest BCUT2D eigenvalue weighted by molar-refractivity contribution is 7.66. The quantitative estimate of drug-likeness (QED) is 0.0835. The van der Waals surface area contributed by atoms with Crippen LogP contribution in [0.5, 0.6) is 0 Å². The van der Waals surface area contributed by atoms with Crippen LogP contribution < -0.4 is 15.8 Å². The molecule has 11 atom stereocenters. The van der Waals surface area contributed by atoms with E-state index in [0.29, 0.717) is 0 Å². The third kappa shape index (κ3) is 6.24. The van der Waals surface area contributed by atoms with Crippen molar-refractivity contribution < 1.29 is 81.4 Å². The summed E-state index contributed by atoms with van der Waals surface area (Å²) in [4.78, 5) is 58.8. The normalized spacial score (nSPS) is 38.1. The van der Waals surface area contributed by atoms with Gasteiger partial charge in [-0.3, -0.25) is 14.3 Å². The number of H-pyrrole nitrogens is 1. The van der Waals surface area contributed by atoms with Crippen LogP contribution in [0.4, 0.5) is 17.5 Å². The number of hydrogen-bond acceptors (Lipinski definition) is 17. The first kappa shape index (κ1) is 32.4. The smallest absolute Gasteiger partial charge is 0.394 e. The van der Waals surface area contributed by atoms with Gasteiger partial charge in [0.1, 0.15) is 24.4 Å². The molecule has 4 heterocycles. The zero-order valence-corrected chi connectivity index (χ0v) is 22.8. The summed E-state index contributed by atoms with van der Waals surface area (Å²) in [6, 6.07) is 0. The van der Waals surface area contributed by atoms with Gasteiger partial charge in [0, 0.05) is 0 Å². The van der Waals surface area contributed by atoms with E-state index in [1.54, 1.807) is 0 Å². The minimum absolute atomic E-state index is 0.397. The van der Waals surface area contributed by atoms with E-state index in [0.717, 1.165) is 6.34 Å². The predicted octanol–water partition coefficient (Wildman–Crippen LogP) is -4.44. The number of hydrogen-bond donors (Lipinski definition) is 11. The summed E-state index contributed by atoms with van der Waals surface area (Å²) in [6.45, 7) is -1.98. The highest BCUT2D eigenvalue weighted by Crippen LogP contribution is 2.66. The molecule has 23 nitrogen and oxygen atoms in total. The molecule has 2 saturated heterocycles. The number of fused-ring (bicyclic) bond motifs is 1. The lowest BCUT2D eigenvalue weighted by Gasteiger charge is -2.40. The molecule has 0 saturated carbocycles. The van der Waals surface area contributed by atoms with Crippen LogP contribution in [0.2, 0.25) is 0 Å². The van der Waals surface area contributed by atoms with Crippen molar-refractivity contribution in [2.24, 2.45) is 4.99 Å². The van der Waals surface area contributed by atoms with Gasteiger partial charge in [-0.1, -0.05) is 0 Å².